The molecule has 0 N–H and O–H groups in total. The van der Waals surface area contributed by atoms with Crippen LogP contribution in [0, 0.1) is 11.8 Å². The summed E-state index contributed by atoms with van der Waals surface area (Å²) in [7, 11) is 3.58. The molecule has 15 heteroatoms. The van der Waals surface area contributed by atoms with Gasteiger partial charge in [-0.2, -0.15) is 5.10 Å². The van der Waals surface area contributed by atoms with Crippen LogP contribution >= 0.6 is 0 Å². The number of aromatic nitrogens is 5. The predicted molar refractivity (Wildman–Crippen MR) is 183 cm³/mol. The Morgan fingerprint density at radius 3 is 2.45 bits per heavy atom. The molecule has 0 saturated carbocycles. The molecule has 2 aromatic rings. The Kier molecular flexibility index (Phi) is 12.2. The molecule has 4 rings (SSSR count). The zero-order chi connectivity index (χ0) is 36.1. The first kappa shape index (κ1) is 37.9. The molecule has 4 heterocycles. The van der Waals surface area contributed by atoms with Gasteiger partial charge < -0.3 is 19.1 Å². The van der Waals surface area contributed by atoms with Gasteiger partial charge in [0.15, 0.2) is 5.60 Å². The van der Waals surface area contributed by atoms with Gasteiger partial charge in [-0.15, -0.1) is 10.2 Å². The highest BCUT2D eigenvalue weighted by atomic mass is 16.6. The number of methoxy groups -OCH3 is 1. The van der Waals surface area contributed by atoms with E-state index >= 15 is 0 Å². The van der Waals surface area contributed by atoms with Crippen LogP contribution in [0.5, 0.6) is 0 Å². The third-order valence-corrected chi connectivity index (χ3v) is 10.6. The lowest BCUT2D eigenvalue weighted by Crippen LogP contribution is -2.62. The van der Waals surface area contributed by atoms with Gasteiger partial charge in [-0.1, -0.05) is 19.1 Å². The van der Waals surface area contributed by atoms with Crippen LogP contribution in [0.15, 0.2) is 24.5 Å². The molecule has 0 unspecified atom stereocenters. The van der Waals surface area contributed by atoms with Gasteiger partial charge in [0.05, 0.1) is 23.9 Å². The summed E-state index contributed by atoms with van der Waals surface area (Å²) >= 11 is 0. The molecule has 2 fully saturated rings. The number of cyclic esters (lactones) is 1. The van der Waals surface area contributed by atoms with E-state index in [-0.39, 0.29) is 29.8 Å². The maximum absolute atomic E-state index is 13.7. The summed E-state index contributed by atoms with van der Waals surface area (Å²) in [5.41, 5.74) is -0.733. The number of carbonyl (C=O) groups is 4. The van der Waals surface area contributed by atoms with Gasteiger partial charge in [0.2, 0.25) is 5.91 Å². The Labute approximate surface area is 290 Å². The van der Waals surface area contributed by atoms with Crippen LogP contribution in [0.25, 0.3) is 11.4 Å². The number of ether oxygens (including phenoxy) is 3. The molecule has 14 nitrogen and oxygen atoms in total. The van der Waals surface area contributed by atoms with E-state index in [4.69, 9.17) is 14.2 Å². The summed E-state index contributed by atoms with van der Waals surface area (Å²) in [6.45, 7) is 14.0. The van der Waals surface area contributed by atoms with Crippen molar-refractivity contribution in [3.8, 4) is 11.4 Å². The monoisotopic (exact) mass is 681 g/mol. The average Bonchev–Trinajstić information content (AvgIpc) is 3.65. The summed E-state index contributed by atoms with van der Waals surface area (Å²) < 4.78 is 19.9. The third-order valence-electron chi connectivity index (χ3n) is 10.6. The van der Waals surface area contributed by atoms with Gasteiger partial charge in [0.25, 0.3) is 0 Å². The number of ketones is 1. The summed E-state index contributed by atoms with van der Waals surface area (Å²) in [6, 6.07) is 2.46. The zero-order valence-electron chi connectivity index (χ0n) is 30.4. The molecule has 2 aliphatic heterocycles. The number of carbonyl (C=O) groups excluding carboxylic acids is 4. The topological polar surface area (TPSA) is 159 Å². The standard InChI is InChI=1S/C34H52BN7O7/c1-9-29-34(7)30(41(32(46)49-34)16-11-10-15-40-20-26(38-39-40)25-13-12-14-36-37-25)23(4)42(24(5)43)19-21(2)18-33(6,47-8)28(35)17-27(44)22(3)31(45)48-29/h12-14,20-23,28-30H,9-11,15-19,35H2,1-8H3/t21-,22-,23-,28-,29-,30-,33+,34-/m1/s1. The molecule has 49 heavy (non-hydrogen) atoms. The lowest BCUT2D eigenvalue weighted by molar-refractivity contribution is -0.171. The molecule has 2 aromatic heterocycles. The SMILES string of the molecule is B[C@@H]1CC(=O)[C@@H](C)C(=O)O[C@H](CC)[C@@]2(C)OC(=O)N(CCCCn3cc(-c4cccnn4)nn3)[C@@H]2[C@@H](C)N(C(C)=O)C[C@H](C)C[C@]1(C)OC. The van der Waals surface area contributed by atoms with E-state index in [0.717, 1.165) is 0 Å². The first-order valence-corrected chi connectivity index (χ1v) is 17.4. The van der Waals surface area contributed by atoms with Crippen molar-refractivity contribution in [2.75, 3.05) is 20.2 Å². The highest BCUT2D eigenvalue weighted by Gasteiger charge is 2.59. The second-order valence-electron chi connectivity index (χ2n) is 14.2. The number of nitrogens with zero attached hydrogens (tertiary/aromatic N) is 7. The van der Waals surface area contributed by atoms with Gasteiger partial charge in [-0.05, 0) is 77.2 Å². The molecule has 0 bridgehead atoms. The largest absolute Gasteiger partial charge is 0.458 e. The van der Waals surface area contributed by atoms with Crippen LogP contribution in [0.1, 0.15) is 80.6 Å². The van der Waals surface area contributed by atoms with Gasteiger partial charge in [-0.25, -0.2) is 4.79 Å². The summed E-state index contributed by atoms with van der Waals surface area (Å²) in [5, 5.41) is 16.4. The van der Waals surface area contributed by atoms with Crippen molar-refractivity contribution in [2.45, 2.75) is 122 Å². The molecule has 2 amide bonds. The Bertz CT molecular complexity index is 1480. The fourth-order valence-corrected chi connectivity index (χ4v) is 7.48. The minimum atomic E-state index is -1.30. The number of esters is 1. The van der Waals surface area contributed by atoms with E-state index in [1.807, 2.05) is 34.7 Å². The van der Waals surface area contributed by atoms with E-state index in [2.05, 4.69) is 27.4 Å². The molecule has 0 spiro atoms. The minimum absolute atomic E-state index is 0.0107. The number of hydrogen-bond acceptors (Lipinski definition) is 11. The number of rotatable bonds is 8. The molecular formula is C34H52BN7O7. The molecule has 2 aliphatic rings. The molecular weight excluding hydrogens is 629 g/mol. The molecule has 0 aliphatic carbocycles. The molecule has 268 valence electrons. The van der Waals surface area contributed by atoms with E-state index in [1.54, 1.807) is 53.9 Å². The summed E-state index contributed by atoms with van der Waals surface area (Å²) in [6.07, 6.45) is 4.34. The Morgan fingerprint density at radius 1 is 1.10 bits per heavy atom. The summed E-state index contributed by atoms with van der Waals surface area (Å²) in [5.74, 6) is -2.25. The first-order chi connectivity index (χ1) is 23.1. The van der Waals surface area contributed by atoms with Gasteiger partial charge in [0.1, 0.15) is 37.0 Å². The number of fused-ring (bicyclic) bond motifs is 1. The van der Waals surface area contributed by atoms with Crippen LogP contribution in [-0.4, -0.2) is 116 Å². The quantitative estimate of drug-likeness (QED) is 0.174. The fourth-order valence-electron chi connectivity index (χ4n) is 7.48. The highest BCUT2D eigenvalue weighted by molar-refractivity contribution is 6.15. The van der Waals surface area contributed by atoms with Crippen molar-refractivity contribution >= 4 is 31.6 Å². The van der Waals surface area contributed by atoms with Crippen molar-refractivity contribution in [1.29, 1.82) is 0 Å². The fraction of sp³-hybridized carbons (Fsp3) is 0.706. The Balaban J connectivity index is 1.62. The maximum atomic E-state index is 13.7. The Morgan fingerprint density at radius 2 is 1.82 bits per heavy atom. The van der Waals surface area contributed by atoms with Crippen molar-refractivity contribution in [1.82, 2.24) is 35.0 Å². The highest BCUT2D eigenvalue weighted by Crippen LogP contribution is 2.41. The molecule has 8 atom stereocenters. The normalized spacial score (nSPS) is 31.8. The number of Topliss-reactive ketones (excluding diaryl/α,β-unsaturated/α-hetero) is 1. The number of hydrogen-bond donors (Lipinski definition) is 0. The lowest BCUT2D eigenvalue weighted by Gasteiger charge is -2.44. The Hall–Kier alpha value is -3.88. The van der Waals surface area contributed by atoms with E-state index in [9.17, 15) is 19.2 Å². The van der Waals surface area contributed by atoms with E-state index in [1.165, 1.54) is 6.92 Å². The summed E-state index contributed by atoms with van der Waals surface area (Å²) in [4.78, 5) is 57.4. The van der Waals surface area contributed by atoms with Crippen molar-refractivity contribution in [3.63, 3.8) is 0 Å². The molecule has 0 radical (unpaired) electrons. The number of unbranched alkanes of at least 4 members (excludes halogenated alkanes) is 1. The van der Waals surface area contributed by atoms with Crippen LogP contribution in [-0.2, 0) is 35.1 Å². The first-order valence-electron chi connectivity index (χ1n) is 17.4. The molecule has 0 aromatic carbocycles. The van der Waals surface area contributed by atoms with Crippen LogP contribution in [0.3, 0.4) is 0 Å². The van der Waals surface area contributed by atoms with Crippen LogP contribution in [0.4, 0.5) is 4.79 Å². The van der Waals surface area contributed by atoms with Crippen molar-refractivity contribution < 1.29 is 33.4 Å². The molecule has 2 saturated heterocycles. The minimum Gasteiger partial charge on any atom is -0.458 e. The lowest BCUT2D eigenvalue weighted by atomic mass is 9.67. The second-order valence-corrected chi connectivity index (χ2v) is 14.2. The number of aryl methyl sites for hydroxylation is 1. The third kappa shape index (κ3) is 8.30. The van der Waals surface area contributed by atoms with Gasteiger partial charge >= 0.3 is 12.1 Å². The zero-order valence-corrected chi connectivity index (χ0v) is 30.4. The van der Waals surface area contributed by atoms with Crippen molar-refractivity contribution in [2.24, 2.45) is 11.8 Å². The van der Waals surface area contributed by atoms with Gasteiger partial charge in [0, 0.05) is 46.3 Å². The van der Waals surface area contributed by atoms with E-state index < -0.39 is 47.4 Å². The number of amides is 2. The van der Waals surface area contributed by atoms with Crippen molar-refractivity contribution in [3.05, 3.63) is 24.5 Å². The van der Waals surface area contributed by atoms with Gasteiger partial charge in [-0.3, -0.25) is 24.0 Å². The second kappa shape index (κ2) is 15.8. The van der Waals surface area contributed by atoms with Crippen LogP contribution < -0.4 is 0 Å². The predicted octanol–water partition coefficient (Wildman–Crippen LogP) is 3.12. The average molecular weight is 682 g/mol. The van der Waals surface area contributed by atoms with Crippen LogP contribution in [0.2, 0.25) is 5.82 Å². The maximum Gasteiger partial charge on any atom is 0.410 e. The van der Waals surface area contributed by atoms with E-state index in [0.29, 0.717) is 56.7 Å². The smallest absolute Gasteiger partial charge is 0.410 e.